The van der Waals surface area contributed by atoms with Crippen LogP contribution in [0.3, 0.4) is 0 Å². The van der Waals surface area contributed by atoms with Crippen molar-refractivity contribution in [1.29, 1.82) is 0 Å². The van der Waals surface area contributed by atoms with E-state index in [0.717, 1.165) is 22.3 Å². The molecule has 1 atom stereocenters. The number of rotatable bonds is 4. The summed E-state index contributed by atoms with van der Waals surface area (Å²) >= 11 is 0. The number of nitrogens with one attached hydrogen (secondary N) is 1. The van der Waals surface area contributed by atoms with Crippen LogP contribution < -0.4 is 10.1 Å². The zero-order valence-electron chi connectivity index (χ0n) is 10.1. The average Bonchev–Trinajstić information content (AvgIpc) is 2.38. The number of methoxy groups -OCH3 is 1. The molecule has 1 heterocycles. The molecule has 0 spiro atoms. The standard InChI is InChI=1S/C14H16N2O/c1-4-10(2)16-14-13-6-5-12(17-3)9-11(13)7-8-15-14/h4-10H,1H2,2-3H3,(H,15,16). The van der Waals surface area contributed by atoms with Crippen molar-refractivity contribution in [2.75, 3.05) is 12.4 Å². The lowest BCUT2D eigenvalue weighted by Gasteiger charge is -2.12. The van der Waals surface area contributed by atoms with E-state index in [1.165, 1.54) is 0 Å². The molecule has 0 aliphatic carbocycles. The molecule has 1 aromatic heterocycles. The van der Waals surface area contributed by atoms with Gasteiger partial charge in [-0.2, -0.15) is 0 Å². The predicted octanol–water partition coefficient (Wildman–Crippen LogP) is 3.23. The molecule has 0 aliphatic heterocycles. The predicted molar refractivity (Wildman–Crippen MR) is 71.6 cm³/mol. The number of anilines is 1. The average molecular weight is 228 g/mol. The largest absolute Gasteiger partial charge is 0.497 e. The van der Waals surface area contributed by atoms with Crippen molar-refractivity contribution in [2.45, 2.75) is 13.0 Å². The van der Waals surface area contributed by atoms with Gasteiger partial charge in [-0.05, 0) is 36.6 Å². The van der Waals surface area contributed by atoms with E-state index in [1.807, 2.05) is 37.3 Å². The fraction of sp³-hybridized carbons (Fsp3) is 0.214. The summed E-state index contributed by atoms with van der Waals surface area (Å²) in [6.07, 6.45) is 3.64. The highest BCUT2D eigenvalue weighted by Crippen LogP contribution is 2.25. The third-order valence-corrected chi connectivity index (χ3v) is 2.69. The van der Waals surface area contributed by atoms with Gasteiger partial charge in [0.25, 0.3) is 0 Å². The van der Waals surface area contributed by atoms with E-state index in [-0.39, 0.29) is 6.04 Å². The summed E-state index contributed by atoms with van der Waals surface area (Å²) in [5, 5.41) is 5.50. The van der Waals surface area contributed by atoms with Crippen LogP contribution in [-0.4, -0.2) is 18.1 Å². The highest BCUT2D eigenvalue weighted by atomic mass is 16.5. The number of ether oxygens (including phenoxy) is 1. The molecule has 17 heavy (non-hydrogen) atoms. The molecule has 1 aromatic carbocycles. The Morgan fingerprint density at radius 3 is 2.94 bits per heavy atom. The summed E-state index contributed by atoms with van der Waals surface area (Å²) in [4.78, 5) is 4.35. The van der Waals surface area contributed by atoms with E-state index >= 15 is 0 Å². The normalized spacial score (nSPS) is 12.1. The molecule has 0 saturated heterocycles. The van der Waals surface area contributed by atoms with Crippen LogP contribution in [-0.2, 0) is 0 Å². The Bertz CT molecular complexity index is 537. The van der Waals surface area contributed by atoms with Crippen LogP contribution >= 0.6 is 0 Å². The third kappa shape index (κ3) is 2.38. The molecule has 3 nitrogen and oxygen atoms in total. The Kier molecular flexibility index (Phi) is 3.28. The van der Waals surface area contributed by atoms with Gasteiger partial charge in [0, 0.05) is 17.6 Å². The van der Waals surface area contributed by atoms with Gasteiger partial charge in [-0.15, -0.1) is 6.58 Å². The Labute approximate surface area is 101 Å². The van der Waals surface area contributed by atoms with Gasteiger partial charge in [-0.1, -0.05) is 6.08 Å². The molecule has 0 saturated carbocycles. The molecule has 2 rings (SSSR count). The summed E-state index contributed by atoms with van der Waals surface area (Å²) in [5.41, 5.74) is 0. The molecular formula is C14H16N2O. The van der Waals surface area contributed by atoms with Crippen molar-refractivity contribution in [3.8, 4) is 5.75 Å². The molecule has 0 bridgehead atoms. The maximum absolute atomic E-state index is 5.21. The van der Waals surface area contributed by atoms with Crippen molar-refractivity contribution < 1.29 is 4.74 Å². The maximum Gasteiger partial charge on any atom is 0.134 e. The topological polar surface area (TPSA) is 34.2 Å². The van der Waals surface area contributed by atoms with E-state index in [4.69, 9.17) is 4.74 Å². The molecular weight excluding hydrogens is 212 g/mol. The Hall–Kier alpha value is -2.03. The van der Waals surface area contributed by atoms with Crippen LogP contribution in [0.5, 0.6) is 5.75 Å². The minimum absolute atomic E-state index is 0.190. The van der Waals surface area contributed by atoms with Gasteiger partial charge in [-0.3, -0.25) is 0 Å². The number of nitrogens with zero attached hydrogens (tertiary/aromatic N) is 1. The molecule has 1 N–H and O–H groups in total. The minimum Gasteiger partial charge on any atom is -0.497 e. The molecule has 0 aliphatic rings. The van der Waals surface area contributed by atoms with Crippen LogP contribution in [0.25, 0.3) is 10.8 Å². The van der Waals surface area contributed by atoms with E-state index in [0.29, 0.717) is 0 Å². The lowest BCUT2D eigenvalue weighted by Crippen LogP contribution is -2.12. The Morgan fingerprint density at radius 1 is 1.41 bits per heavy atom. The first kappa shape index (κ1) is 11.5. The monoisotopic (exact) mass is 228 g/mol. The molecule has 0 radical (unpaired) electrons. The fourth-order valence-electron chi connectivity index (χ4n) is 1.67. The van der Waals surface area contributed by atoms with E-state index in [1.54, 1.807) is 13.3 Å². The Balaban J connectivity index is 2.46. The summed E-state index contributed by atoms with van der Waals surface area (Å²) in [6.45, 7) is 5.79. The van der Waals surface area contributed by atoms with Crippen LogP contribution in [0.4, 0.5) is 5.82 Å². The molecule has 2 aromatic rings. The van der Waals surface area contributed by atoms with Gasteiger partial charge < -0.3 is 10.1 Å². The number of fused-ring (bicyclic) bond motifs is 1. The van der Waals surface area contributed by atoms with E-state index in [2.05, 4.69) is 16.9 Å². The number of pyridine rings is 1. The van der Waals surface area contributed by atoms with Gasteiger partial charge in [0.15, 0.2) is 0 Å². The quantitative estimate of drug-likeness (QED) is 0.816. The highest BCUT2D eigenvalue weighted by Gasteiger charge is 2.04. The number of hydrogen-bond donors (Lipinski definition) is 1. The summed E-state index contributed by atoms with van der Waals surface area (Å²) in [7, 11) is 1.67. The lowest BCUT2D eigenvalue weighted by molar-refractivity contribution is 0.415. The van der Waals surface area contributed by atoms with Crippen molar-refractivity contribution >= 4 is 16.6 Å². The highest BCUT2D eigenvalue weighted by molar-refractivity contribution is 5.92. The lowest BCUT2D eigenvalue weighted by atomic mass is 10.1. The number of benzene rings is 1. The fourth-order valence-corrected chi connectivity index (χ4v) is 1.67. The van der Waals surface area contributed by atoms with Gasteiger partial charge in [-0.25, -0.2) is 4.98 Å². The van der Waals surface area contributed by atoms with Crippen LogP contribution in [0.15, 0.2) is 43.1 Å². The molecule has 1 unspecified atom stereocenters. The van der Waals surface area contributed by atoms with Crippen molar-refractivity contribution in [3.05, 3.63) is 43.1 Å². The van der Waals surface area contributed by atoms with Gasteiger partial charge in [0.05, 0.1) is 7.11 Å². The minimum atomic E-state index is 0.190. The third-order valence-electron chi connectivity index (χ3n) is 2.69. The number of aromatic nitrogens is 1. The van der Waals surface area contributed by atoms with Crippen LogP contribution in [0.2, 0.25) is 0 Å². The summed E-state index contributed by atoms with van der Waals surface area (Å²) < 4.78 is 5.21. The first-order valence-electron chi connectivity index (χ1n) is 5.56. The second-order valence-corrected chi connectivity index (χ2v) is 3.92. The van der Waals surface area contributed by atoms with Crippen molar-refractivity contribution in [2.24, 2.45) is 0 Å². The van der Waals surface area contributed by atoms with Gasteiger partial charge >= 0.3 is 0 Å². The van der Waals surface area contributed by atoms with Gasteiger partial charge in [0.1, 0.15) is 11.6 Å². The summed E-state index contributed by atoms with van der Waals surface area (Å²) in [5.74, 6) is 1.73. The van der Waals surface area contributed by atoms with E-state index in [9.17, 15) is 0 Å². The Morgan fingerprint density at radius 2 is 2.24 bits per heavy atom. The first-order chi connectivity index (χ1) is 8.24. The smallest absolute Gasteiger partial charge is 0.134 e. The SMILES string of the molecule is C=CC(C)Nc1nccc2cc(OC)ccc12. The first-order valence-corrected chi connectivity index (χ1v) is 5.56. The maximum atomic E-state index is 5.21. The van der Waals surface area contributed by atoms with Crippen LogP contribution in [0, 0.1) is 0 Å². The second-order valence-electron chi connectivity index (χ2n) is 3.92. The van der Waals surface area contributed by atoms with Crippen LogP contribution in [0.1, 0.15) is 6.92 Å². The molecule has 88 valence electrons. The van der Waals surface area contributed by atoms with Crippen molar-refractivity contribution in [3.63, 3.8) is 0 Å². The number of hydrogen-bond acceptors (Lipinski definition) is 3. The molecule has 0 amide bonds. The van der Waals surface area contributed by atoms with Crippen molar-refractivity contribution in [1.82, 2.24) is 4.98 Å². The second kappa shape index (κ2) is 4.87. The van der Waals surface area contributed by atoms with Gasteiger partial charge in [0.2, 0.25) is 0 Å². The zero-order chi connectivity index (χ0) is 12.3. The molecule has 0 fully saturated rings. The van der Waals surface area contributed by atoms with E-state index < -0.39 is 0 Å². The summed E-state index contributed by atoms with van der Waals surface area (Å²) in [6, 6.07) is 8.12. The zero-order valence-corrected chi connectivity index (χ0v) is 10.1. The molecule has 3 heteroatoms.